The molecule has 0 bridgehead atoms. The van der Waals surface area contributed by atoms with E-state index in [0.29, 0.717) is 0 Å². The molecule has 0 unspecified atom stereocenters. The standard InChI is InChI=1S/C7H14N2/c1-3-4-7(5-8)6-9-2/h5-6,8-9H,3-4H2,1-2H3/b7-6-,8-5?. The highest BCUT2D eigenvalue weighted by molar-refractivity contribution is 5.75. The SMILES string of the molecule is CCC/C(C=N)=C/NC. The average Bonchev–Trinajstić information content (AvgIpc) is 1.88. The molecular formula is C7H14N2. The van der Waals surface area contributed by atoms with E-state index in [1.165, 1.54) is 6.21 Å². The van der Waals surface area contributed by atoms with Crippen molar-refractivity contribution < 1.29 is 0 Å². The van der Waals surface area contributed by atoms with Crippen LogP contribution in [-0.4, -0.2) is 13.3 Å². The van der Waals surface area contributed by atoms with Crippen LogP contribution in [0.25, 0.3) is 0 Å². The van der Waals surface area contributed by atoms with E-state index < -0.39 is 0 Å². The summed E-state index contributed by atoms with van der Waals surface area (Å²) in [5.74, 6) is 0. The summed E-state index contributed by atoms with van der Waals surface area (Å²) in [5.41, 5.74) is 1.06. The van der Waals surface area contributed by atoms with Crippen LogP contribution in [-0.2, 0) is 0 Å². The predicted octanol–water partition coefficient (Wildman–Crippen LogP) is 1.54. The van der Waals surface area contributed by atoms with Crippen molar-refractivity contribution in [3.8, 4) is 0 Å². The molecule has 0 spiro atoms. The van der Waals surface area contributed by atoms with E-state index in [1.807, 2.05) is 13.2 Å². The van der Waals surface area contributed by atoms with Crippen LogP contribution < -0.4 is 5.32 Å². The lowest BCUT2D eigenvalue weighted by Gasteiger charge is -1.95. The van der Waals surface area contributed by atoms with Gasteiger partial charge in [0.05, 0.1) is 0 Å². The Labute approximate surface area is 56.5 Å². The topological polar surface area (TPSA) is 35.9 Å². The van der Waals surface area contributed by atoms with Crippen LogP contribution in [0, 0.1) is 5.41 Å². The molecule has 2 nitrogen and oxygen atoms in total. The molecule has 0 rings (SSSR count). The number of nitrogens with one attached hydrogen (secondary N) is 2. The van der Waals surface area contributed by atoms with Gasteiger partial charge in [0.25, 0.3) is 0 Å². The van der Waals surface area contributed by atoms with Crippen LogP contribution in [0.4, 0.5) is 0 Å². The van der Waals surface area contributed by atoms with Gasteiger partial charge in [-0.15, -0.1) is 0 Å². The van der Waals surface area contributed by atoms with Crippen LogP contribution >= 0.6 is 0 Å². The van der Waals surface area contributed by atoms with Crippen molar-refractivity contribution in [3.63, 3.8) is 0 Å². The summed E-state index contributed by atoms with van der Waals surface area (Å²) in [5, 5.41) is 9.82. The minimum absolute atomic E-state index is 0.990. The van der Waals surface area contributed by atoms with Crippen molar-refractivity contribution in [1.82, 2.24) is 5.32 Å². The Bertz CT molecular complexity index is 105. The minimum atomic E-state index is 0.990. The van der Waals surface area contributed by atoms with E-state index in [0.717, 1.165) is 18.4 Å². The highest BCUT2D eigenvalue weighted by Gasteiger charge is 1.86. The molecule has 0 aromatic rings. The zero-order valence-electron chi connectivity index (χ0n) is 6.07. The van der Waals surface area contributed by atoms with E-state index in [1.54, 1.807) is 0 Å². The Kier molecular flexibility index (Phi) is 4.88. The van der Waals surface area contributed by atoms with E-state index in [2.05, 4.69) is 12.2 Å². The summed E-state index contributed by atoms with van der Waals surface area (Å²) in [7, 11) is 1.85. The normalized spacial score (nSPS) is 11.1. The van der Waals surface area contributed by atoms with Crippen LogP contribution in [0.3, 0.4) is 0 Å². The zero-order valence-corrected chi connectivity index (χ0v) is 6.07. The first-order valence-corrected chi connectivity index (χ1v) is 3.22. The molecule has 9 heavy (non-hydrogen) atoms. The third kappa shape index (κ3) is 3.76. The van der Waals surface area contributed by atoms with Crippen molar-refractivity contribution in [2.24, 2.45) is 0 Å². The van der Waals surface area contributed by atoms with E-state index >= 15 is 0 Å². The molecule has 2 N–H and O–H groups in total. The smallest absolute Gasteiger partial charge is 0.0224 e. The highest BCUT2D eigenvalue weighted by atomic mass is 14.8. The van der Waals surface area contributed by atoms with Crippen molar-refractivity contribution in [2.75, 3.05) is 7.05 Å². The Balaban J connectivity index is 3.66. The van der Waals surface area contributed by atoms with Gasteiger partial charge in [0.15, 0.2) is 0 Å². The first-order valence-electron chi connectivity index (χ1n) is 3.22. The number of allylic oxidation sites excluding steroid dienone is 1. The van der Waals surface area contributed by atoms with Gasteiger partial charge in [0.1, 0.15) is 0 Å². The van der Waals surface area contributed by atoms with Gasteiger partial charge in [-0.25, -0.2) is 0 Å². The zero-order chi connectivity index (χ0) is 7.11. The summed E-state index contributed by atoms with van der Waals surface area (Å²) in [6.45, 7) is 2.10. The molecule has 52 valence electrons. The maximum absolute atomic E-state index is 6.93. The van der Waals surface area contributed by atoms with Crippen LogP contribution in [0.15, 0.2) is 11.8 Å². The summed E-state index contributed by atoms with van der Waals surface area (Å²) in [6, 6.07) is 0. The molecule has 0 radical (unpaired) electrons. The van der Waals surface area contributed by atoms with Gasteiger partial charge < -0.3 is 10.7 Å². The summed E-state index contributed by atoms with van der Waals surface area (Å²) in [6.07, 6.45) is 5.34. The Hall–Kier alpha value is -0.790. The molecule has 0 saturated carbocycles. The van der Waals surface area contributed by atoms with Crippen molar-refractivity contribution >= 4 is 6.21 Å². The molecule has 0 aliphatic carbocycles. The number of rotatable bonds is 4. The molecule has 0 saturated heterocycles. The molecule has 0 heterocycles. The largest absolute Gasteiger partial charge is 0.394 e. The van der Waals surface area contributed by atoms with Crippen molar-refractivity contribution in [3.05, 3.63) is 11.8 Å². The highest BCUT2D eigenvalue weighted by Crippen LogP contribution is 1.98. The predicted molar refractivity (Wildman–Crippen MR) is 40.8 cm³/mol. The summed E-state index contributed by atoms with van der Waals surface area (Å²) in [4.78, 5) is 0. The quantitative estimate of drug-likeness (QED) is 0.551. The van der Waals surface area contributed by atoms with Gasteiger partial charge in [0.2, 0.25) is 0 Å². The summed E-state index contributed by atoms with van der Waals surface area (Å²) >= 11 is 0. The second-order valence-corrected chi connectivity index (χ2v) is 1.90. The lowest BCUT2D eigenvalue weighted by molar-refractivity contribution is 0.921. The van der Waals surface area contributed by atoms with E-state index in [9.17, 15) is 0 Å². The van der Waals surface area contributed by atoms with Gasteiger partial charge in [-0.3, -0.25) is 0 Å². The number of hydrogen-bond donors (Lipinski definition) is 2. The van der Waals surface area contributed by atoms with E-state index in [-0.39, 0.29) is 0 Å². The Morgan fingerprint density at radius 2 is 2.33 bits per heavy atom. The van der Waals surface area contributed by atoms with Crippen molar-refractivity contribution in [2.45, 2.75) is 19.8 Å². The molecule has 0 aliphatic rings. The van der Waals surface area contributed by atoms with E-state index in [4.69, 9.17) is 5.41 Å². The van der Waals surface area contributed by atoms with Gasteiger partial charge in [-0.05, 0) is 12.0 Å². The summed E-state index contributed by atoms with van der Waals surface area (Å²) < 4.78 is 0. The molecule has 0 fully saturated rings. The Morgan fingerprint density at radius 3 is 2.67 bits per heavy atom. The maximum atomic E-state index is 6.93. The third-order valence-corrected chi connectivity index (χ3v) is 1.05. The van der Waals surface area contributed by atoms with Crippen LogP contribution in [0.2, 0.25) is 0 Å². The molecule has 0 amide bonds. The Morgan fingerprint density at radius 1 is 1.67 bits per heavy atom. The molecule has 0 aromatic heterocycles. The second-order valence-electron chi connectivity index (χ2n) is 1.90. The first-order chi connectivity index (χ1) is 4.35. The van der Waals surface area contributed by atoms with Crippen molar-refractivity contribution in [1.29, 1.82) is 5.41 Å². The average molecular weight is 126 g/mol. The lowest BCUT2D eigenvalue weighted by Crippen LogP contribution is -1.96. The van der Waals surface area contributed by atoms with Gasteiger partial charge in [-0.2, -0.15) is 0 Å². The first kappa shape index (κ1) is 8.21. The molecule has 0 atom stereocenters. The minimum Gasteiger partial charge on any atom is -0.394 e. The fraction of sp³-hybridized carbons (Fsp3) is 0.571. The molecule has 2 heteroatoms. The molecule has 0 aromatic carbocycles. The van der Waals surface area contributed by atoms with Gasteiger partial charge in [0, 0.05) is 19.5 Å². The van der Waals surface area contributed by atoms with Gasteiger partial charge >= 0.3 is 0 Å². The molecule has 0 aliphatic heterocycles. The molecular weight excluding hydrogens is 112 g/mol. The maximum Gasteiger partial charge on any atom is 0.0224 e. The van der Waals surface area contributed by atoms with Crippen LogP contribution in [0.1, 0.15) is 19.8 Å². The second kappa shape index (κ2) is 5.35. The monoisotopic (exact) mass is 126 g/mol. The van der Waals surface area contributed by atoms with Crippen LogP contribution in [0.5, 0.6) is 0 Å². The fourth-order valence-electron chi connectivity index (χ4n) is 0.660. The number of hydrogen-bond acceptors (Lipinski definition) is 2. The third-order valence-electron chi connectivity index (χ3n) is 1.05. The van der Waals surface area contributed by atoms with Gasteiger partial charge in [-0.1, -0.05) is 13.3 Å². The lowest BCUT2D eigenvalue weighted by atomic mass is 10.2. The fourth-order valence-corrected chi connectivity index (χ4v) is 0.660.